The standard InChI is InChI=1S/C23H19BrFN5O2/c1-30(2)13-28-22-29-23(7-9-31-22)17-10-14(16-4-3-8-26-20(16)25)5-6-19(17)32-21-18(23)11-15(24)12-27-21/h3-6,8,10-13H,7,9H2,1-2H3/b28-13+/t23-/m1/s1. The number of benzene rings is 1. The summed E-state index contributed by atoms with van der Waals surface area (Å²) < 4.78 is 27.1. The summed E-state index contributed by atoms with van der Waals surface area (Å²) in [6, 6.07) is 11.2. The van der Waals surface area contributed by atoms with Crippen molar-refractivity contribution in [3.8, 4) is 22.8 Å². The van der Waals surface area contributed by atoms with E-state index in [1.165, 1.54) is 6.20 Å². The fourth-order valence-electron chi connectivity index (χ4n) is 3.93. The van der Waals surface area contributed by atoms with Crippen molar-refractivity contribution in [2.75, 3.05) is 20.7 Å². The molecular weight excluding hydrogens is 477 g/mol. The molecule has 9 heteroatoms. The number of pyridine rings is 2. The number of nitrogens with zero attached hydrogens (tertiary/aromatic N) is 5. The van der Waals surface area contributed by atoms with Gasteiger partial charge in [-0.05, 0) is 51.8 Å². The molecule has 0 amide bonds. The molecule has 0 bridgehead atoms. The maximum atomic E-state index is 14.4. The van der Waals surface area contributed by atoms with Crippen molar-refractivity contribution in [2.45, 2.75) is 12.0 Å². The second kappa shape index (κ2) is 7.98. The Kier molecular flexibility index (Phi) is 5.13. The molecule has 1 spiro atoms. The smallest absolute Gasteiger partial charge is 0.314 e. The van der Waals surface area contributed by atoms with Crippen LogP contribution in [0.2, 0.25) is 0 Å². The molecule has 0 saturated heterocycles. The van der Waals surface area contributed by atoms with Gasteiger partial charge in [0.1, 0.15) is 11.3 Å². The van der Waals surface area contributed by atoms with Crippen molar-refractivity contribution in [1.29, 1.82) is 0 Å². The van der Waals surface area contributed by atoms with Gasteiger partial charge >= 0.3 is 6.02 Å². The van der Waals surface area contributed by atoms with Gasteiger partial charge in [-0.15, -0.1) is 0 Å². The number of amidine groups is 1. The predicted octanol–water partition coefficient (Wildman–Crippen LogP) is 4.76. The number of aromatic nitrogens is 2. The summed E-state index contributed by atoms with van der Waals surface area (Å²) in [5.74, 6) is 0.555. The summed E-state index contributed by atoms with van der Waals surface area (Å²) in [5, 5.41) is 0. The van der Waals surface area contributed by atoms with E-state index in [0.717, 1.165) is 15.6 Å². The van der Waals surface area contributed by atoms with Crippen LogP contribution in [0.5, 0.6) is 11.6 Å². The van der Waals surface area contributed by atoms with Crippen LogP contribution in [0.15, 0.2) is 63.2 Å². The summed E-state index contributed by atoms with van der Waals surface area (Å²) in [7, 11) is 3.74. The van der Waals surface area contributed by atoms with E-state index in [1.54, 1.807) is 29.6 Å². The Balaban J connectivity index is 1.74. The first-order chi connectivity index (χ1) is 15.5. The molecule has 3 aromatic rings. The second-order valence-electron chi connectivity index (χ2n) is 7.72. The van der Waals surface area contributed by atoms with Crippen molar-refractivity contribution in [3.63, 3.8) is 0 Å². The number of hydrogen-bond acceptors (Lipinski definition) is 6. The zero-order valence-electron chi connectivity index (χ0n) is 17.4. The minimum absolute atomic E-state index is 0.265. The lowest BCUT2D eigenvalue weighted by molar-refractivity contribution is 0.218. The minimum atomic E-state index is -0.842. The monoisotopic (exact) mass is 495 g/mol. The van der Waals surface area contributed by atoms with E-state index >= 15 is 0 Å². The number of rotatable bonds is 2. The summed E-state index contributed by atoms with van der Waals surface area (Å²) in [6.07, 6.45) is 5.30. The average Bonchev–Trinajstić information content (AvgIpc) is 2.79. The summed E-state index contributed by atoms with van der Waals surface area (Å²) in [6.45, 7) is 0.403. The van der Waals surface area contributed by atoms with Gasteiger partial charge in [0, 0.05) is 54.1 Å². The SMILES string of the molecule is CN(C)/C=N/C1=N[C@]2(CCO1)c1cc(-c3cccnc3F)ccc1Oc1ncc(Br)cc12. The molecule has 0 N–H and O–H groups in total. The Bertz CT molecular complexity index is 1260. The zero-order chi connectivity index (χ0) is 22.3. The van der Waals surface area contributed by atoms with Crippen molar-refractivity contribution < 1.29 is 13.9 Å². The largest absolute Gasteiger partial charge is 0.464 e. The van der Waals surface area contributed by atoms with Crippen LogP contribution in [-0.2, 0) is 10.3 Å². The van der Waals surface area contributed by atoms with Crippen LogP contribution in [0.4, 0.5) is 4.39 Å². The van der Waals surface area contributed by atoms with E-state index < -0.39 is 11.5 Å². The molecule has 0 unspecified atom stereocenters. The van der Waals surface area contributed by atoms with Gasteiger partial charge in [0.25, 0.3) is 0 Å². The van der Waals surface area contributed by atoms with E-state index in [2.05, 4.69) is 30.9 Å². The van der Waals surface area contributed by atoms with E-state index in [-0.39, 0.29) is 6.02 Å². The van der Waals surface area contributed by atoms with E-state index in [0.29, 0.717) is 35.8 Å². The highest BCUT2D eigenvalue weighted by Gasteiger charge is 2.46. The first kappa shape index (κ1) is 20.6. The van der Waals surface area contributed by atoms with Gasteiger partial charge < -0.3 is 14.4 Å². The maximum Gasteiger partial charge on any atom is 0.314 e. The van der Waals surface area contributed by atoms with Crippen molar-refractivity contribution in [3.05, 3.63) is 70.3 Å². The second-order valence-corrected chi connectivity index (χ2v) is 8.64. The lowest BCUT2D eigenvalue weighted by Gasteiger charge is -2.38. The number of fused-ring (bicyclic) bond motifs is 4. The summed E-state index contributed by atoms with van der Waals surface area (Å²) in [5.41, 5.74) is 1.84. The number of halogens is 2. The molecule has 32 heavy (non-hydrogen) atoms. The van der Waals surface area contributed by atoms with Gasteiger partial charge in [0.15, 0.2) is 0 Å². The number of ether oxygens (including phenoxy) is 2. The van der Waals surface area contributed by atoms with Crippen LogP contribution in [0, 0.1) is 5.95 Å². The average molecular weight is 496 g/mol. The van der Waals surface area contributed by atoms with Crippen molar-refractivity contribution >= 4 is 28.3 Å². The molecule has 162 valence electrons. The molecule has 2 aliphatic heterocycles. The van der Waals surface area contributed by atoms with Crippen molar-refractivity contribution in [2.24, 2.45) is 9.98 Å². The van der Waals surface area contributed by atoms with Crippen LogP contribution in [0.3, 0.4) is 0 Å². The Hall–Kier alpha value is -3.33. The molecule has 7 nitrogen and oxygen atoms in total. The van der Waals surface area contributed by atoms with E-state index in [1.807, 2.05) is 38.4 Å². The number of aliphatic imine (C=N–C) groups is 2. The number of hydrogen-bond donors (Lipinski definition) is 0. The molecule has 0 aliphatic carbocycles. The molecule has 2 aromatic heterocycles. The van der Waals surface area contributed by atoms with Gasteiger partial charge in [-0.1, -0.05) is 6.07 Å². The molecule has 0 saturated carbocycles. The van der Waals surface area contributed by atoms with Crippen molar-refractivity contribution in [1.82, 2.24) is 14.9 Å². The summed E-state index contributed by atoms with van der Waals surface area (Å²) in [4.78, 5) is 19.4. The molecule has 2 aliphatic rings. The molecule has 1 aromatic carbocycles. The molecule has 1 atom stereocenters. The van der Waals surface area contributed by atoms with Crippen LogP contribution < -0.4 is 4.74 Å². The quantitative estimate of drug-likeness (QED) is 0.291. The lowest BCUT2D eigenvalue weighted by atomic mass is 9.78. The maximum absolute atomic E-state index is 14.4. The highest BCUT2D eigenvalue weighted by atomic mass is 79.9. The Morgan fingerprint density at radius 1 is 1.19 bits per heavy atom. The van der Waals surface area contributed by atoms with Gasteiger partial charge in [-0.25, -0.2) is 15.0 Å². The van der Waals surface area contributed by atoms with Crippen LogP contribution in [0.25, 0.3) is 11.1 Å². The molecule has 0 fully saturated rings. The topological polar surface area (TPSA) is 72.2 Å². The lowest BCUT2D eigenvalue weighted by Crippen LogP contribution is -2.36. The minimum Gasteiger partial charge on any atom is -0.464 e. The van der Waals surface area contributed by atoms with Crippen LogP contribution in [-0.4, -0.2) is 47.9 Å². The first-order valence-electron chi connectivity index (χ1n) is 9.99. The fourth-order valence-corrected chi connectivity index (χ4v) is 4.26. The van der Waals surface area contributed by atoms with Gasteiger partial charge in [-0.2, -0.15) is 9.38 Å². The fraction of sp³-hybridized carbons (Fsp3) is 0.217. The third kappa shape index (κ3) is 3.52. The normalized spacial score (nSPS) is 19.1. The molecule has 5 rings (SSSR count). The molecule has 0 radical (unpaired) electrons. The van der Waals surface area contributed by atoms with Gasteiger partial charge in [-0.3, -0.25) is 0 Å². The first-order valence-corrected chi connectivity index (χ1v) is 10.8. The third-order valence-electron chi connectivity index (χ3n) is 5.35. The zero-order valence-corrected chi connectivity index (χ0v) is 19.0. The van der Waals surface area contributed by atoms with Crippen LogP contribution in [0.1, 0.15) is 17.5 Å². The van der Waals surface area contributed by atoms with Gasteiger partial charge in [0.2, 0.25) is 11.8 Å². The Morgan fingerprint density at radius 2 is 2.06 bits per heavy atom. The predicted molar refractivity (Wildman–Crippen MR) is 123 cm³/mol. The third-order valence-corrected chi connectivity index (χ3v) is 5.78. The highest BCUT2D eigenvalue weighted by Crippen LogP contribution is 2.52. The van der Waals surface area contributed by atoms with E-state index in [9.17, 15) is 4.39 Å². The van der Waals surface area contributed by atoms with Gasteiger partial charge in [0.05, 0.1) is 12.9 Å². The Morgan fingerprint density at radius 3 is 2.88 bits per heavy atom. The van der Waals surface area contributed by atoms with Crippen LogP contribution >= 0.6 is 15.9 Å². The highest BCUT2D eigenvalue weighted by molar-refractivity contribution is 9.10. The molecule has 4 heterocycles. The summed E-state index contributed by atoms with van der Waals surface area (Å²) >= 11 is 3.51. The Labute approximate surface area is 192 Å². The molecular formula is C23H19BrFN5O2. The van der Waals surface area contributed by atoms with E-state index in [4.69, 9.17) is 14.5 Å².